The first-order valence-electron chi connectivity index (χ1n) is 12.3. The van der Waals surface area contributed by atoms with Gasteiger partial charge in [-0.3, -0.25) is 4.79 Å². The van der Waals surface area contributed by atoms with Gasteiger partial charge in [0.05, 0.1) is 13.2 Å². The molecule has 0 aromatic carbocycles. The number of carboxylic acid groups (broad SMARTS) is 1. The van der Waals surface area contributed by atoms with Crippen LogP contribution in [0, 0.1) is 46.3 Å². The van der Waals surface area contributed by atoms with Crippen molar-refractivity contribution in [2.75, 3.05) is 13.2 Å². The Balaban J connectivity index is 1.35. The Labute approximate surface area is 176 Å². The highest BCUT2D eigenvalue weighted by Crippen LogP contribution is 2.69. The van der Waals surface area contributed by atoms with Crippen LogP contribution in [0.4, 0.5) is 0 Å². The summed E-state index contributed by atoms with van der Waals surface area (Å²) in [5.41, 5.74) is 0.783. The number of ether oxygens (including phenoxy) is 2. The van der Waals surface area contributed by atoms with Crippen LogP contribution in [-0.2, 0) is 14.3 Å². The predicted molar refractivity (Wildman–Crippen MR) is 111 cm³/mol. The first kappa shape index (κ1) is 20.3. The van der Waals surface area contributed by atoms with Crippen LogP contribution in [0.3, 0.4) is 0 Å². The van der Waals surface area contributed by atoms with Crippen LogP contribution < -0.4 is 0 Å². The third-order valence-corrected chi connectivity index (χ3v) is 10.7. The van der Waals surface area contributed by atoms with E-state index in [4.69, 9.17) is 9.47 Å². The van der Waals surface area contributed by atoms with Crippen LogP contribution in [0.25, 0.3) is 0 Å². The zero-order valence-electron chi connectivity index (χ0n) is 18.6. The van der Waals surface area contributed by atoms with Crippen molar-refractivity contribution < 1.29 is 19.4 Å². The van der Waals surface area contributed by atoms with Crippen LogP contribution in [0.1, 0.15) is 85.0 Å². The van der Waals surface area contributed by atoms with E-state index < -0.39 is 5.97 Å². The third kappa shape index (κ3) is 3.03. The molecule has 0 radical (unpaired) electrons. The lowest BCUT2D eigenvalue weighted by atomic mass is 9.44. The quantitative estimate of drug-likeness (QED) is 0.675. The Morgan fingerprint density at radius 3 is 2.31 bits per heavy atom. The molecule has 1 saturated heterocycles. The van der Waals surface area contributed by atoms with Crippen LogP contribution >= 0.6 is 0 Å². The molecule has 0 bridgehead atoms. The molecule has 0 aromatic heterocycles. The molecule has 4 heteroatoms. The van der Waals surface area contributed by atoms with Gasteiger partial charge in [-0.2, -0.15) is 0 Å². The maximum Gasteiger partial charge on any atom is 0.303 e. The molecule has 5 aliphatic rings. The molecule has 4 saturated carbocycles. The average Bonchev–Trinajstić information content (AvgIpc) is 3.25. The highest BCUT2D eigenvalue weighted by molar-refractivity contribution is 5.67. The number of fused-ring (bicyclic) bond motifs is 5. The molecule has 5 rings (SSSR count). The lowest BCUT2D eigenvalue weighted by molar-refractivity contribution is -0.218. The van der Waals surface area contributed by atoms with Gasteiger partial charge >= 0.3 is 5.97 Å². The van der Waals surface area contributed by atoms with Gasteiger partial charge in [-0.15, -0.1) is 0 Å². The topological polar surface area (TPSA) is 55.8 Å². The summed E-state index contributed by atoms with van der Waals surface area (Å²) in [7, 11) is 0. The zero-order chi connectivity index (χ0) is 20.4. The molecule has 0 amide bonds. The minimum atomic E-state index is -0.609. The molecule has 4 aliphatic carbocycles. The summed E-state index contributed by atoms with van der Waals surface area (Å²) in [5, 5.41) is 9.26. The van der Waals surface area contributed by atoms with Gasteiger partial charge in [0.15, 0.2) is 5.79 Å². The Hall–Kier alpha value is -0.610. The van der Waals surface area contributed by atoms with Gasteiger partial charge < -0.3 is 14.6 Å². The summed E-state index contributed by atoms with van der Waals surface area (Å²) in [5.74, 6) is 3.19. The van der Waals surface area contributed by atoms with E-state index in [1.807, 2.05) is 0 Å². The van der Waals surface area contributed by atoms with Gasteiger partial charge in [0.1, 0.15) is 0 Å². The maximum absolute atomic E-state index is 11.2. The molecular formula is C25H40O4. The van der Waals surface area contributed by atoms with Crippen molar-refractivity contribution in [1.82, 2.24) is 0 Å². The minimum absolute atomic E-state index is 0.351. The van der Waals surface area contributed by atoms with Crippen molar-refractivity contribution in [2.45, 2.75) is 90.8 Å². The van der Waals surface area contributed by atoms with E-state index >= 15 is 0 Å². The number of hydrogen-bond donors (Lipinski definition) is 1. The van der Waals surface area contributed by atoms with E-state index in [0.717, 1.165) is 49.7 Å². The van der Waals surface area contributed by atoms with Gasteiger partial charge in [-0.1, -0.05) is 13.8 Å². The van der Waals surface area contributed by atoms with Crippen molar-refractivity contribution in [3.05, 3.63) is 0 Å². The van der Waals surface area contributed by atoms with Crippen LogP contribution in [0.5, 0.6) is 0 Å². The molecule has 5 fully saturated rings. The van der Waals surface area contributed by atoms with Gasteiger partial charge in [-0.25, -0.2) is 0 Å². The fourth-order valence-corrected chi connectivity index (χ4v) is 9.37. The molecular weight excluding hydrogens is 364 g/mol. The molecule has 29 heavy (non-hydrogen) atoms. The fraction of sp³-hybridized carbons (Fsp3) is 0.960. The molecule has 0 spiro atoms. The van der Waals surface area contributed by atoms with E-state index in [9.17, 15) is 9.90 Å². The molecule has 4 unspecified atom stereocenters. The van der Waals surface area contributed by atoms with E-state index in [1.165, 1.54) is 44.9 Å². The Kier molecular flexibility index (Phi) is 4.87. The van der Waals surface area contributed by atoms with Gasteiger partial charge in [0.25, 0.3) is 0 Å². The molecule has 1 heterocycles. The fourth-order valence-electron chi connectivity index (χ4n) is 9.37. The Morgan fingerprint density at radius 2 is 1.59 bits per heavy atom. The highest BCUT2D eigenvalue weighted by atomic mass is 16.7. The SMILES string of the molecule is CC1([C@H]2CCC3C4CCC5C[C@H](CC(=O)O)CC[C@]5(C)C4CC[C@@]32C)OCCO1. The molecule has 4 nitrogen and oxygen atoms in total. The lowest BCUT2D eigenvalue weighted by Gasteiger charge is -2.61. The van der Waals surface area contributed by atoms with Crippen molar-refractivity contribution in [3.63, 3.8) is 0 Å². The summed E-state index contributed by atoms with van der Waals surface area (Å²) < 4.78 is 12.3. The van der Waals surface area contributed by atoms with E-state index in [1.54, 1.807) is 0 Å². The number of carbonyl (C=O) groups is 1. The van der Waals surface area contributed by atoms with Gasteiger partial charge in [0, 0.05) is 12.3 Å². The van der Waals surface area contributed by atoms with Crippen molar-refractivity contribution in [1.29, 1.82) is 0 Å². The summed E-state index contributed by atoms with van der Waals surface area (Å²) in [6.45, 7) is 8.82. The summed E-state index contributed by atoms with van der Waals surface area (Å²) in [6.07, 6.45) is 11.8. The number of hydrogen-bond acceptors (Lipinski definition) is 3. The molecule has 0 aromatic rings. The summed E-state index contributed by atoms with van der Waals surface area (Å²) >= 11 is 0. The van der Waals surface area contributed by atoms with Crippen LogP contribution in [0.2, 0.25) is 0 Å². The summed E-state index contributed by atoms with van der Waals surface area (Å²) in [6, 6.07) is 0. The van der Waals surface area contributed by atoms with Crippen LogP contribution in [-0.4, -0.2) is 30.1 Å². The van der Waals surface area contributed by atoms with Crippen molar-refractivity contribution in [2.24, 2.45) is 46.3 Å². The number of carboxylic acids is 1. The minimum Gasteiger partial charge on any atom is -0.481 e. The van der Waals surface area contributed by atoms with E-state index in [0.29, 0.717) is 29.1 Å². The predicted octanol–water partition coefficient (Wildman–Crippen LogP) is 5.50. The molecule has 1 aliphatic heterocycles. The smallest absolute Gasteiger partial charge is 0.303 e. The second-order valence-corrected chi connectivity index (χ2v) is 11.8. The molecule has 164 valence electrons. The zero-order valence-corrected chi connectivity index (χ0v) is 18.6. The third-order valence-electron chi connectivity index (χ3n) is 10.7. The normalized spacial score (nSPS) is 51.1. The maximum atomic E-state index is 11.2. The first-order chi connectivity index (χ1) is 13.8. The second-order valence-electron chi connectivity index (χ2n) is 11.8. The van der Waals surface area contributed by atoms with E-state index in [2.05, 4.69) is 20.8 Å². The number of rotatable bonds is 3. The monoisotopic (exact) mass is 404 g/mol. The van der Waals surface area contributed by atoms with Crippen molar-refractivity contribution >= 4 is 5.97 Å². The number of aliphatic carboxylic acids is 1. The lowest BCUT2D eigenvalue weighted by Crippen LogP contribution is -2.55. The largest absolute Gasteiger partial charge is 0.481 e. The second kappa shape index (κ2) is 6.95. The highest BCUT2D eigenvalue weighted by Gasteiger charge is 2.63. The Morgan fingerprint density at radius 1 is 0.897 bits per heavy atom. The summed E-state index contributed by atoms with van der Waals surface area (Å²) in [4.78, 5) is 11.2. The van der Waals surface area contributed by atoms with Gasteiger partial charge in [-0.05, 0) is 105 Å². The van der Waals surface area contributed by atoms with Crippen molar-refractivity contribution in [3.8, 4) is 0 Å². The average molecular weight is 405 g/mol. The Bertz CT molecular complexity index is 655. The van der Waals surface area contributed by atoms with Crippen LogP contribution in [0.15, 0.2) is 0 Å². The standard InChI is InChI=1S/C25H40O4/c1-23-10-8-16(15-22(26)27)14-17(23)4-5-18-19-6-7-21(25(3)28-12-13-29-25)24(19,2)11-9-20(18)23/h16-21H,4-15H2,1-3H3,(H,26,27)/t16-,17?,18?,19?,20?,21+,23+,24+/m1/s1. The van der Waals surface area contributed by atoms with Gasteiger partial charge in [0.2, 0.25) is 0 Å². The molecule has 8 atom stereocenters. The first-order valence-corrected chi connectivity index (χ1v) is 12.3. The molecule has 1 N–H and O–H groups in total. The van der Waals surface area contributed by atoms with E-state index in [-0.39, 0.29) is 5.79 Å².